The molecule has 22 heavy (non-hydrogen) atoms. The average molecular weight is 308 g/mol. The summed E-state index contributed by atoms with van der Waals surface area (Å²) in [4.78, 5) is 2.78. The Morgan fingerprint density at radius 3 is 1.41 bits per heavy atom. The van der Waals surface area contributed by atoms with E-state index < -0.39 is 0 Å². The number of hydrogen-bond acceptors (Lipinski definition) is 1. The zero-order valence-corrected chi connectivity index (χ0v) is 15.2. The van der Waals surface area contributed by atoms with Gasteiger partial charge in [0.15, 0.2) is 0 Å². The number of rotatable bonds is 0. The van der Waals surface area contributed by atoms with Gasteiger partial charge in [-0.1, -0.05) is 83.5 Å². The highest BCUT2D eigenvalue weighted by Crippen LogP contribution is 2.23. The Kier molecular flexibility index (Phi) is 10.3. The van der Waals surface area contributed by atoms with Crippen molar-refractivity contribution in [2.75, 3.05) is 19.6 Å². The lowest BCUT2D eigenvalue weighted by molar-refractivity contribution is 0.163. The molecule has 2 rings (SSSR count). The number of hydrogen-bond donors (Lipinski definition) is 0. The van der Waals surface area contributed by atoms with Gasteiger partial charge >= 0.3 is 0 Å². The fraction of sp³-hybridized carbons (Fsp3) is 1.00. The molecule has 2 heterocycles. The van der Waals surface area contributed by atoms with Crippen molar-refractivity contribution in [2.45, 2.75) is 109 Å². The summed E-state index contributed by atoms with van der Waals surface area (Å²) in [5.41, 5.74) is 0. The molecule has 2 aliphatic heterocycles. The molecule has 0 saturated carbocycles. The zero-order valence-electron chi connectivity index (χ0n) is 15.2. The van der Waals surface area contributed by atoms with E-state index in [0.717, 1.165) is 5.92 Å². The van der Waals surface area contributed by atoms with Gasteiger partial charge in [-0.3, -0.25) is 0 Å². The Labute approximate surface area is 140 Å². The Morgan fingerprint density at radius 1 is 0.409 bits per heavy atom. The fourth-order valence-electron chi connectivity index (χ4n) is 4.48. The smallest absolute Gasteiger partial charge is 0.000966 e. The van der Waals surface area contributed by atoms with Crippen LogP contribution in [-0.2, 0) is 0 Å². The summed E-state index contributed by atoms with van der Waals surface area (Å²) >= 11 is 0. The highest BCUT2D eigenvalue weighted by atomic mass is 15.1. The molecule has 0 aromatic rings. The Bertz CT molecular complexity index is 226. The van der Waals surface area contributed by atoms with Crippen LogP contribution in [0, 0.1) is 5.92 Å². The minimum absolute atomic E-state index is 1.02. The molecule has 2 unspecified atom stereocenters. The van der Waals surface area contributed by atoms with E-state index in [1.165, 1.54) is 129 Å². The molecule has 0 N–H and O–H groups in total. The molecule has 0 spiro atoms. The lowest BCUT2D eigenvalue weighted by Gasteiger charge is -2.32. The molecule has 0 aliphatic carbocycles. The minimum atomic E-state index is 1.02. The molecule has 1 heteroatoms. The summed E-state index contributed by atoms with van der Waals surface area (Å²) in [6, 6.07) is 0. The first-order valence-corrected chi connectivity index (χ1v) is 10.7. The highest BCUT2D eigenvalue weighted by molar-refractivity contribution is 4.73. The van der Waals surface area contributed by atoms with Crippen molar-refractivity contribution in [1.82, 2.24) is 4.90 Å². The van der Waals surface area contributed by atoms with E-state index in [4.69, 9.17) is 0 Å². The second-order valence-corrected chi connectivity index (χ2v) is 8.05. The lowest BCUT2D eigenvalue weighted by Crippen LogP contribution is -2.36. The van der Waals surface area contributed by atoms with Gasteiger partial charge in [0.2, 0.25) is 0 Å². The van der Waals surface area contributed by atoms with Crippen LogP contribution in [0.1, 0.15) is 109 Å². The van der Waals surface area contributed by atoms with Crippen molar-refractivity contribution in [3.63, 3.8) is 0 Å². The monoisotopic (exact) mass is 307 g/mol. The van der Waals surface area contributed by atoms with E-state index in [-0.39, 0.29) is 0 Å². The molecular weight excluding hydrogens is 266 g/mol. The van der Waals surface area contributed by atoms with Crippen molar-refractivity contribution in [3.05, 3.63) is 0 Å². The van der Waals surface area contributed by atoms with Crippen LogP contribution < -0.4 is 0 Å². The molecule has 0 aromatic heterocycles. The summed E-state index contributed by atoms with van der Waals surface area (Å²) in [6.07, 6.45) is 25.3. The molecule has 2 saturated heterocycles. The van der Waals surface area contributed by atoms with Crippen molar-refractivity contribution >= 4 is 0 Å². The van der Waals surface area contributed by atoms with Crippen LogP contribution in [0.25, 0.3) is 0 Å². The van der Waals surface area contributed by atoms with Crippen LogP contribution in [-0.4, -0.2) is 24.5 Å². The first-order chi connectivity index (χ1) is 10.9. The SMILES string of the molecule is C1CCCCCCCCN2CCCC(CCCCCCC1)C2. The quantitative estimate of drug-likeness (QED) is 0.489. The van der Waals surface area contributed by atoms with E-state index in [9.17, 15) is 0 Å². The number of nitrogens with zero attached hydrogens (tertiary/aromatic N) is 1. The van der Waals surface area contributed by atoms with Gasteiger partial charge in [-0.05, 0) is 44.7 Å². The summed E-state index contributed by atoms with van der Waals surface area (Å²) in [5.74, 6) is 1.02. The second kappa shape index (κ2) is 12.4. The topological polar surface area (TPSA) is 3.24 Å². The Balaban J connectivity index is 1.65. The van der Waals surface area contributed by atoms with Gasteiger partial charge in [0.05, 0.1) is 0 Å². The van der Waals surface area contributed by atoms with Crippen LogP contribution in [0.3, 0.4) is 0 Å². The summed E-state index contributed by atoms with van der Waals surface area (Å²) < 4.78 is 0. The van der Waals surface area contributed by atoms with Crippen LogP contribution in [0.15, 0.2) is 0 Å². The van der Waals surface area contributed by atoms with Gasteiger partial charge in [0, 0.05) is 6.54 Å². The fourth-order valence-corrected chi connectivity index (χ4v) is 4.48. The van der Waals surface area contributed by atoms with Crippen molar-refractivity contribution < 1.29 is 0 Å². The molecule has 2 bridgehead atoms. The van der Waals surface area contributed by atoms with E-state index in [1.54, 1.807) is 0 Å². The molecule has 2 aliphatic rings. The van der Waals surface area contributed by atoms with Gasteiger partial charge in [-0.2, -0.15) is 0 Å². The molecular formula is C21H41N. The minimum Gasteiger partial charge on any atom is -0.303 e. The van der Waals surface area contributed by atoms with E-state index in [1.807, 2.05) is 0 Å². The molecule has 0 aromatic carbocycles. The average Bonchev–Trinajstić information content (AvgIpc) is 2.54. The van der Waals surface area contributed by atoms with Gasteiger partial charge in [-0.15, -0.1) is 0 Å². The second-order valence-electron chi connectivity index (χ2n) is 8.05. The largest absolute Gasteiger partial charge is 0.303 e. The maximum Gasteiger partial charge on any atom is 0.000966 e. The van der Waals surface area contributed by atoms with Gasteiger partial charge < -0.3 is 4.90 Å². The highest BCUT2D eigenvalue weighted by Gasteiger charge is 2.18. The van der Waals surface area contributed by atoms with E-state index in [2.05, 4.69) is 4.90 Å². The summed E-state index contributed by atoms with van der Waals surface area (Å²) in [6.45, 7) is 4.19. The lowest BCUT2D eigenvalue weighted by atomic mass is 9.92. The molecule has 0 radical (unpaired) electrons. The predicted molar refractivity (Wildman–Crippen MR) is 98.4 cm³/mol. The van der Waals surface area contributed by atoms with Crippen LogP contribution in [0.4, 0.5) is 0 Å². The van der Waals surface area contributed by atoms with E-state index >= 15 is 0 Å². The predicted octanol–water partition coefficient (Wildman–Crippen LogP) is 6.56. The third-order valence-electron chi connectivity index (χ3n) is 5.94. The van der Waals surface area contributed by atoms with Crippen molar-refractivity contribution in [3.8, 4) is 0 Å². The van der Waals surface area contributed by atoms with Crippen LogP contribution >= 0.6 is 0 Å². The zero-order chi connectivity index (χ0) is 15.3. The number of piperidine rings is 1. The third-order valence-corrected chi connectivity index (χ3v) is 5.94. The molecule has 2 fully saturated rings. The van der Waals surface area contributed by atoms with Gasteiger partial charge in [0.25, 0.3) is 0 Å². The Morgan fingerprint density at radius 2 is 0.818 bits per heavy atom. The molecule has 0 amide bonds. The van der Waals surface area contributed by atoms with E-state index in [0.29, 0.717) is 0 Å². The van der Waals surface area contributed by atoms with Crippen LogP contribution in [0.5, 0.6) is 0 Å². The van der Waals surface area contributed by atoms with Crippen LogP contribution in [0.2, 0.25) is 0 Å². The molecule has 130 valence electrons. The first kappa shape index (κ1) is 18.3. The summed E-state index contributed by atoms with van der Waals surface area (Å²) in [5, 5.41) is 0. The maximum atomic E-state index is 2.78. The van der Waals surface area contributed by atoms with Gasteiger partial charge in [-0.25, -0.2) is 0 Å². The third kappa shape index (κ3) is 8.56. The van der Waals surface area contributed by atoms with Gasteiger partial charge in [0.1, 0.15) is 0 Å². The normalized spacial score (nSPS) is 31.6. The maximum absolute atomic E-state index is 2.78. The molecule has 1 nitrogen and oxygen atoms in total. The Hall–Kier alpha value is -0.0400. The number of fused-ring (bicyclic) bond motifs is 2. The van der Waals surface area contributed by atoms with Crippen molar-refractivity contribution in [2.24, 2.45) is 5.92 Å². The molecule has 2 atom stereocenters. The first-order valence-electron chi connectivity index (χ1n) is 10.7. The van der Waals surface area contributed by atoms with Crippen molar-refractivity contribution in [1.29, 1.82) is 0 Å². The standard InChI is InChI=1S/C21H41N/c1-2-4-6-8-10-12-14-18-22-19-15-17-21(20-22)16-13-11-9-7-5-3-1/h21H,1-20H2. The summed E-state index contributed by atoms with van der Waals surface area (Å²) in [7, 11) is 0.